The zero-order valence-corrected chi connectivity index (χ0v) is 11.4. The molecule has 3 N–H and O–H groups in total. The van der Waals surface area contributed by atoms with Gasteiger partial charge >= 0.3 is 0 Å². The quantitative estimate of drug-likeness (QED) is 0.835. The molecule has 0 aliphatic carbocycles. The molecular weight excluding hydrogens is 240 g/mol. The topological polar surface area (TPSA) is 71.2 Å². The van der Waals surface area contributed by atoms with Crippen LogP contribution in [0, 0.1) is 0 Å². The van der Waals surface area contributed by atoms with Gasteiger partial charge in [-0.2, -0.15) is 0 Å². The largest absolute Gasteiger partial charge is 0.366 e. The summed E-state index contributed by atoms with van der Waals surface area (Å²) in [5.74, 6) is 0.501. The van der Waals surface area contributed by atoms with Crippen LogP contribution in [0.25, 0.3) is 0 Å². The molecule has 1 fully saturated rings. The Morgan fingerprint density at radius 3 is 2.95 bits per heavy atom. The number of nitrogens with zero attached hydrogens (tertiary/aromatic N) is 2. The van der Waals surface area contributed by atoms with E-state index >= 15 is 0 Å². The van der Waals surface area contributed by atoms with Crippen LogP contribution in [0.2, 0.25) is 0 Å². The van der Waals surface area contributed by atoms with Gasteiger partial charge in [0.1, 0.15) is 5.82 Å². The van der Waals surface area contributed by atoms with Gasteiger partial charge in [0.25, 0.3) is 0 Å². The van der Waals surface area contributed by atoms with Gasteiger partial charge in [-0.25, -0.2) is 4.98 Å². The first-order valence-corrected chi connectivity index (χ1v) is 6.95. The molecule has 5 heteroatoms. The lowest BCUT2D eigenvalue weighted by Gasteiger charge is -2.35. The van der Waals surface area contributed by atoms with E-state index in [2.05, 4.69) is 22.1 Å². The number of pyridine rings is 1. The number of nitrogens with one attached hydrogen (secondary N) is 1. The summed E-state index contributed by atoms with van der Waals surface area (Å²) >= 11 is 0. The highest BCUT2D eigenvalue weighted by atomic mass is 16.1. The van der Waals surface area contributed by atoms with E-state index in [1.165, 1.54) is 12.8 Å². The van der Waals surface area contributed by atoms with Gasteiger partial charge in [0.2, 0.25) is 5.91 Å². The number of piperidine rings is 1. The van der Waals surface area contributed by atoms with Gasteiger partial charge in [-0.3, -0.25) is 4.79 Å². The van der Waals surface area contributed by atoms with Crippen LogP contribution in [-0.2, 0) is 0 Å². The lowest BCUT2D eigenvalue weighted by molar-refractivity contribution is 0.1000. The molecule has 0 aromatic carbocycles. The summed E-state index contributed by atoms with van der Waals surface area (Å²) in [6, 6.07) is 4.13. The number of carbonyl (C=O) groups excluding carboxylic acids is 1. The maximum Gasteiger partial charge on any atom is 0.250 e. The molecule has 0 saturated carbocycles. The summed E-state index contributed by atoms with van der Waals surface area (Å²) in [6.07, 6.45) is 5.03. The molecule has 1 amide bonds. The molecule has 1 aliphatic rings. The summed E-state index contributed by atoms with van der Waals surface area (Å²) in [7, 11) is 0. The van der Waals surface area contributed by atoms with Crippen molar-refractivity contribution < 1.29 is 4.79 Å². The van der Waals surface area contributed by atoms with Crippen molar-refractivity contribution in [3.05, 3.63) is 23.9 Å². The number of hydrogen-bond donors (Lipinski definition) is 2. The number of carbonyl (C=O) groups is 1. The Hall–Kier alpha value is -1.62. The molecule has 1 aromatic heterocycles. The van der Waals surface area contributed by atoms with Crippen molar-refractivity contribution in [3.8, 4) is 0 Å². The predicted octanol–water partition coefficient (Wildman–Crippen LogP) is 1.15. The summed E-state index contributed by atoms with van der Waals surface area (Å²) in [4.78, 5) is 17.8. The van der Waals surface area contributed by atoms with E-state index in [4.69, 9.17) is 5.73 Å². The second kappa shape index (κ2) is 6.52. The first-order chi connectivity index (χ1) is 9.22. The molecular formula is C14H22N4O. The molecule has 104 valence electrons. The van der Waals surface area contributed by atoms with E-state index in [1.807, 2.05) is 6.07 Å². The number of hydrogen-bond acceptors (Lipinski definition) is 4. The Morgan fingerprint density at radius 2 is 2.42 bits per heavy atom. The monoisotopic (exact) mass is 262 g/mol. The summed E-state index contributed by atoms with van der Waals surface area (Å²) in [6.45, 7) is 5.25. The van der Waals surface area contributed by atoms with Crippen molar-refractivity contribution in [1.29, 1.82) is 0 Å². The van der Waals surface area contributed by atoms with Gasteiger partial charge in [0.15, 0.2) is 0 Å². The van der Waals surface area contributed by atoms with Crippen LogP contribution in [0.1, 0.15) is 36.5 Å². The van der Waals surface area contributed by atoms with E-state index in [0.717, 1.165) is 31.9 Å². The molecule has 5 nitrogen and oxygen atoms in total. The SMILES string of the molecule is CCCN(c1ccc(C(N)=O)cn1)C1CCCNC1. The smallest absolute Gasteiger partial charge is 0.250 e. The summed E-state index contributed by atoms with van der Waals surface area (Å²) in [5.41, 5.74) is 5.70. The molecule has 1 atom stereocenters. The van der Waals surface area contributed by atoms with Crippen LogP contribution in [0.15, 0.2) is 18.3 Å². The van der Waals surface area contributed by atoms with Crippen LogP contribution >= 0.6 is 0 Å². The van der Waals surface area contributed by atoms with E-state index in [0.29, 0.717) is 11.6 Å². The molecule has 1 aliphatic heterocycles. The first-order valence-electron chi connectivity index (χ1n) is 6.95. The number of rotatable bonds is 5. The molecule has 2 heterocycles. The van der Waals surface area contributed by atoms with Crippen molar-refractivity contribution in [3.63, 3.8) is 0 Å². The number of primary amides is 1. The molecule has 2 rings (SSSR count). The van der Waals surface area contributed by atoms with Crippen LogP contribution in [-0.4, -0.2) is 36.6 Å². The third-order valence-electron chi connectivity index (χ3n) is 3.50. The maximum atomic E-state index is 11.1. The first kappa shape index (κ1) is 13.8. The molecule has 19 heavy (non-hydrogen) atoms. The fraction of sp³-hybridized carbons (Fsp3) is 0.571. The van der Waals surface area contributed by atoms with Gasteiger partial charge in [-0.15, -0.1) is 0 Å². The highest BCUT2D eigenvalue weighted by Crippen LogP contribution is 2.19. The number of nitrogens with two attached hydrogens (primary N) is 1. The number of amides is 1. The Balaban J connectivity index is 2.15. The highest BCUT2D eigenvalue weighted by molar-refractivity contribution is 5.92. The Kier molecular flexibility index (Phi) is 4.74. The Labute approximate surface area is 114 Å². The lowest BCUT2D eigenvalue weighted by atomic mass is 10.1. The maximum absolute atomic E-state index is 11.1. The van der Waals surface area contributed by atoms with E-state index in [1.54, 1.807) is 12.3 Å². The van der Waals surface area contributed by atoms with Gasteiger partial charge in [-0.1, -0.05) is 6.92 Å². The molecule has 0 bridgehead atoms. The third kappa shape index (κ3) is 3.44. The number of anilines is 1. The molecule has 0 spiro atoms. The minimum absolute atomic E-state index is 0.430. The van der Waals surface area contributed by atoms with Gasteiger partial charge in [0.05, 0.1) is 5.56 Å². The minimum Gasteiger partial charge on any atom is -0.366 e. The average molecular weight is 262 g/mol. The minimum atomic E-state index is -0.430. The van der Waals surface area contributed by atoms with Crippen molar-refractivity contribution in [2.75, 3.05) is 24.5 Å². The normalized spacial score (nSPS) is 19.1. The van der Waals surface area contributed by atoms with Gasteiger partial charge in [0, 0.05) is 25.3 Å². The zero-order valence-electron chi connectivity index (χ0n) is 11.4. The van der Waals surface area contributed by atoms with Gasteiger partial charge < -0.3 is 16.0 Å². The van der Waals surface area contributed by atoms with Crippen molar-refractivity contribution in [1.82, 2.24) is 10.3 Å². The van der Waals surface area contributed by atoms with E-state index in [-0.39, 0.29) is 0 Å². The summed E-state index contributed by atoms with van der Waals surface area (Å²) < 4.78 is 0. The van der Waals surface area contributed by atoms with Crippen LogP contribution in [0.4, 0.5) is 5.82 Å². The zero-order chi connectivity index (χ0) is 13.7. The van der Waals surface area contributed by atoms with Crippen LogP contribution in [0.3, 0.4) is 0 Å². The molecule has 1 aromatic rings. The van der Waals surface area contributed by atoms with Crippen molar-refractivity contribution in [2.45, 2.75) is 32.2 Å². The van der Waals surface area contributed by atoms with Crippen molar-refractivity contribution in [2.24, 2.45) is 5.73 Å². The van der Waals surface area contributed by atoms with E-state index < -0.39 is 5.91 Å². The van der Waals surface area contributed by atoms with Crippen LogP contribution in [0.5, 0.6) is 0 Å². The van der Waals surface area contributed by atoms with E-state index in [9.17, 15) is 4.79 Å². The third-order valence-corrected chi connectivity index (χ3v) is 3.50. The molecule has 1 saturated heterocycles. The standard InChI is InChI=1S/C14H22N4O/c1-2-8-18(12-4-3-7-16-10-12)13-6-5-11(9-17-13)14(15)19/h5-6,9,12,16H,2-4,7-8,10H2,1H3,(H2,15,19). The molecule has 0 radical (unpaired) electrons. The van der Waals surface area contributed by atoms with Gasteiger partial charge in [-0.05, 0) is 37.9 Å². The highest BCUT2D eigenvalue weighted by Gasteiger charge is 2.21. The lowest BCUT2D eigenvalue weighted by Crippen LogP contribution is -2.46. The van der Waals surface area contributed by atoms with Crippen LogP contribution < -0.4 is 16.0 Å². The molecule has 1 unspecified atom stereocenters. The second-order valence-corrected chi connectivity index (χ2v) is 4.96. The predicted molar refractivity (Wildman–Crippen MR) is 76.3 cm³/mol. The van der Waals surface area contributed by atoms with Crippen molar-refractivity contribution >= 4 is 11.7 Å². The second-order valence-electron chi connectivity index (χ2n) is 4.96. The Bertz CT molecular complexity index is 412. The summed E-state index contributed by atoms with van der Waals surface area (Å²) in [5, 5.41) is 3.43. The fourth-order valence-electron chi connectivity index (χ4n) is 2.53. The average Bonchev–Trinajstić information content (AvgIpc) is 2.46. The fourth-order valence-corrected chi connectivity index (χ4v) is 2.53. The number of aromatic nitrogens is 1. The Morgan fingerprint density at radius 1 is 1.58 bits per heavy atom.